The van der Waals surface area contributed by atoms with Crippen molar-refractivity contribution in [3.63, 3.8) is 0 Å². The fourth-order valence-electron chi connectivity index (χ4n) is 1.77. The first-order chi connectivity index (χ1) is 6.79. The highest BCUT2D eigenvalue weighted by Gasteiger charge is 2.21. The van der Waals surface area contributed by atoms with Crippen LogP contribution < -0.4 is 10.6 Å². The zero-order chi connectivity index (χ0) is 9.97. The zero-order valence-electron chi connectivity index (χ0n) is 8.44. The summed E-state index contributed by atoms with van der Waals surface area (Å²) in [4.78, 5) is 6.33. The van der Waals surface area contributed by atoms with Gasteiger partial charge in [0.15, 0.2) is 5.82 Å². The minimum absolute atomic E-state index is 0.651. The lowest BCUT2D eigenvalue weighted by Crippen LogP contribution is -2.36. The first kappa shape index (κ1) is 9.45. The number of nitrogens with zero attached hydrogens (tertiary/aromatic N) is 3. The smallest absolute Gasteiger partial charge is 0.324 e. The van der Waals surface area contributed by atoms with Gasteiger partial charge in [-0.15, -0.1) is 0 Å². The minimum Gasteiger partial charge on any atom is -0.330 e. The monoisotopic (exact) mass is 196 g/mol. The molecule has 14 heavy (non-hydrogen) atoms. The second-order valence-electron chi connectivity index (χ2n) is 3.79. The van der Waals surface area contributed by atoms with Gasteiger partial charge >= 0.3 is 6.01 Å². The van der Waals surface area contributed by atoms with Crippen molar-refractivity contribution in [2.75, 3.05) is 24.5 Å². The van der Waals surface area contributed by atoms with E-state index in [2.05, 4.69) is 15.0 Å². The van der Waals surface area contributed by atoms with Crippen molar-refractivity contribution >= 4 is 6.01 Å². The van der Waals surface area contributed by atoms with E-state index in [0.29, 0.717) is 17.8 Å². The third-order valence-corrected chi connectivity index (χ3v) is 2.74. The van der Waals surface area contributed by atoms with Gasteiger partial charge < -0.3 is 15.2 Å². The molecule has 0 amide bonds. The summed E-state index contributed by atoms with van der Waals surface area (Å²) in [5.41, 5.74) is 5.62. The number of aryl methyl sites for hydroxylation is 1. The fraction of sp³-hybridized carbons (Fsp3) is 0.778. The molecule has 2 N–H and O–H groups in total. The van der Waals surface area contributed by atoms with Gasteiger partial charge in [-0.1, -0.05) is 5.16 Å². The second kappa shape index (κ2) is 3.96. The molecule has 1 aliphatic rings. The molecule has 0 atom stereocenters. The van der Waals surface area contributed by atoms with E-state index >= 15 is 0 Å². The summed E-state index contributed by atoms with van der Waals surface area (Å²) in [5, 5.41) is 3.78. The Morgan fingerprint density at radius 2 is 2.21 bits per heavy atom. The van der Waals surface area contributed by atoms with Crippen LogP contribution in [0.2, 0.25) is 0 Å². The third-order valence-electron chi connectivity index (χ3n) is 2.74. The molecule has 1 aromatic rings. The van der Waals surface area contributed by atoms with Crippen LogP contribution in [0.4, 0.5) is 6.01 Å². The first-order valence-corrected chi connectivity index (χ1v) is 5.05. The molecule has 78 valence electrons. The highest BCUT2D eigenvalue weighted by molar-refractivity contribution is 5.25. The van der Waals surface area contributed by atoms with Crippen molar-refractivity contribution in [1.29, 1.82) is 0 Å². The minimum atomic E-state index is 0.651. The van der Waals surface area contributed by atoms with E-state index < -0.39 is 0 Å². The molecule has 0 spiro atoms. The van der Waals surface area contributed by atoms with Crippen LogP contribution in [-0.4, -0.2) is 29.8 Å². The normalized spacial score (nSPS) is 18.9. The molecule has 0 unspecified atom stereocenters. The fourth-order valence-corrected chi connectivity index (χ4v) is 1.77. The van der Waals surface area contributed by atoms with Crippen LogP contribution in [0.15, 0.2) is 4.52 Å². The van der Waals surface area contributed by atoms with Gasteiger partial charge in [-0.05, 0) is 32.2 Å². The summed E-state index contributed by atoms with van der Waals surface area (Å²) < 4.78 is 5.11. The number of hydrogen-bond acceptors (Lipinski definition) is 5. The molecule has 0 saturated carbocycles. The van der Waals surface area contributed by atoms with Gasteiger partial charge in [0, 0.05) is 13.1 Å². The van der Waals surface area contributed by atoms with E-state index in [9.17, 15) is 0 Å². The average molecular weight is 196 g/mol. The van der Waals surface area contributed by atoms with Crippen molar-refractivity contribution in [3.8, 4) is 0 Å². The van der Waals surface area contributed by atoms with Crippen LogP contribution in [0.3, 0.4) is 0 Å². The molecule has 1 saturated heterocycles. The second-order valence-corrected chi connectivity index (χ2v) is 3.79. The van der Waals surface area contributed by atoms with E-state index in [1.165, 1.54) is 0 Å². The Bertz CT molecular complexity index is 291. The van der Waals surface area contributed by atoms with Gasteiger partial charge in [0.05, 0.1) is 0 Å². The number of anilines is 1. The zero-order valence-corrected chi connectivity index (χ0v) is 8.44. The summed E-state index contributed by atoms with van der Waals surface area (Å²) in [6.45, 7) is 4.57. The maximum absolute atomic E-state index is 5.62. The topological polar surface area (TPSA) is 68.2 Å². The molecule has 0 bridgehead atoms. The van der Waals surface area contributed by atoms with Crippen molar-refractivity contribution in [3.05, 3.63) is 5.82 Å². The molecule has 0 aliphatic carbocycles. The Morgan fingerprint density at radius 3 is 2.71 bits per heavy atom. The Morgan fingerprint density at radius 1 is 1.50 bits per heavy atom. The number of rotatable bonds is 2. The Hall–Kier alpha value is -1.10. The number of piperidine rings is 1. The number of nitrogens with two attached hydrogens (primary N) is 1. The lowest BCUT2D eigenvalue weighted by atomic mass is 9.97. The molecule has 0 aromatic carbocycles. The van der Waals surface area contributed by atoms with E-state index in [1.54, 1.807) is 0 Å². The van der Waals surface area contributed by atoms with Gasteiger partial charge in [0.25, 0.3) is 0 Å². The predicted molar refractivity (Wildman–Crippen MR) is 53.0 cm³/mol. The van der Waals surface area contributed by atoms with Gasteiger partial charge in [-0.25, -0.2) is 0 Å². The molecule has 1 aromatic heterocycles. The standard InChI is InChI=1S/C9H16N4O/c1-7-11-9(14-12-7)13-4-2-8(6-10)3-5-13/h8H,2-6,10H2,1H3. The molecular weight excluding hydrogens is 180 g/mol. The van der Waals surface area contributed by atoms with Crippen molar-refractivity contribution in [2.24, 2.45) is 11.7 Å². The van der Waals surface area contributed by atoms with Gasteiger partial charge in [0.1, 0.15) is 0 Å². The van der Waals surface area contributed by atoms with Crippen LogP contribution in [0.1, 0.15) is 18.7 Å². The molecule has 1 aliphatic heterocycles. The van der Waals surface area contributed by atoms with E-state index in [1.807, 2.05) is 6.92 Å². The maximum atomic E-state index is 5.62. The Kier molecular flexibility index (Phi) is 2.67. The van der Waals surface area contributed by atoms with E-state index in [4.69, 9.17) is 10.3 Å². The molecule has 5 nitrogen and oxygen atoms in total. The molecular formula is C9H16N4O. The summed E-state index contributed by atoms with van der Waals surface area (Å²) in [7, 11) is 0. The lowest BCUT2D eigenvalue weighted by Gasteiger charge is -2.29. The molecule has 5 heteroatoms. The van der Waals surface area contributed by atoms with Crippen LogP contribution >= 0.6 is 0 Å². The van der Waals surface area contributed by atoms with Crippen molar-refractivity contribution in [2.45, 2.75) is 19.8 Å². The SMILES string of the molecule is Cc1noc(N2CCC(CN)CC2)n1. The summed E-state index contributed by atoms with van der Waals surface area (Å²) in [6.07, 6.45) is 2.25. The van der Waals surface area contributed by atoms with Crippen LogP contribution in [-0.2, 0) is 0 Å². The van der Waals surface area contributed by atoms with Crippen LogP contribution in [0.5, 0.6) is 0 Å². The lowest BCUT2D eigenvalue weighted by molar-refractivity contribution is 0.366. The highest BCUT2D eigenvalue weighted by atomic mass is 16.5. The maximum Gasteiger partial charge on any atom is 0.324 e. The van der Waals surface area contributed by atoms with Crippen molar-refractivity contribution < 1.29 is 4.52 Å². The molecule has 2 heterocycles. The van der Waals surface area contributed by atoms with Crippen molar-refractivity contribution in [1.82, 2.24) is 10.1 Å². The Balaban J connectivity index is 1.95. The highest BCUT2D eigenvalue weighted by Crippen LogP contribution is 2.20. The summed E-state index contributed by atoms with van der Waals surface area (Å²) in [5.74, 6) is 1.36. The number of aromatic nitrogens is 2. The van der Waals surface area contributed by atoms with Gasteiger partial charge in [0.2, 0.25) is 0 Å². The van der Waals surface area contributed by atoms with E-state index in [0.717, 1.165) is 32.5 Å². The predicted octanol–water partition coefficient (Wildman–Crippen LogP) is 0.553. The van der Waals surface area contributed by atoms with Gasteiger partial charge in [-0.3, -0.25) is 0 Å². The molecule has 0 radical (unpaired) electrons. The Labute approximate surface area is 83.3 Å². The molecule has 2 rings (SSSR count). The quantitative estimate of drug-likeness (QED) is 0.748. The average Bonchev–Trinajstić information content (AvgIpc) is 2.65. The van der Waals surface area contributed by atoms with Crippen LogP contribution in [0, 0.1) is 12.8 Å². The van der Waals surface area contributed by atoms with Gasteiger partial charge in [-0.2, -0.15) is 4.98 Å². The summed E-state index contributed by atoms with van der Waals surface area (Å²) in [6, 6.07) is 0.651. The van der Waals surface area contributed by atoms with Crippen LogP contribution in [0.25, 0.3) is 0 Å². The molecule has 1 fully saturated rings. The third kappa shape index (κ3) is 1.87. The first-order valence-electron chi connectivity index (χ1n) is 5.05. The number of hydrogen-bond donors (Lipinski definition) is 1. The summed E-state index contributed by atoms with van der Waals surface area (Å²) >= 11 is 0. The largest absolute Gasteiger partial charge is 0.330 e. The van der Waals surface area contributed by atoms with E-state index in [-0.39, 0.29) is 0 Å².